The van der Waals surface area contributed by atoms with Crippen LogP contribution in [0.2, 0.25) is 0 Å². The normalized spacial score (nSPS) is 19.7. The van der Waals surface area contributed by atoms with Crippen LogP contribution in [0.25, 0.3) is 0 Å². The Labute approximate surface area is 130 Å². The minimum atomic E-state index is -0.127. The summed E-state index contributed by atoms with van der Waals surface area (Å²) in [4.78, 5) is 10.8. The Hall–Kier alpha value is -1.99. The van der Waals surface area contributed by atoms with E-state index in [0.717, 1.165) is 25.3 Å². The topological polar surface area (TPSA) is 82.1 Å². The zero-order chi connectivity index (χ0) is 15.5. The van der Waals surface area contributed by atoms with E-state index in [2.05, 4.69) is 44.6 Å². The highest BCUT2D eigenvalue weighted by atomic mass is 16.5. The molecule has 1 aliphatic rings. The lowest BCUT2D eigenvalue weighted by Crippen LogP contribution is -2.39. The van der Waals surface area contributed by atoms with Crippen LogP contribution in [0.3, 0.4) is 0 Å². The van der Waals surface area contributed by atoms with Crippen molar-refractivity contribution in [3.05, 3.63) is 36.0 Å². The first-order valence-corrected chi connectivity index (χ1v) is 7.58. The largest absolute Gasteiger partial charge is 0.382 e. The number of morpholine rings is 1. The molecule has 0 saturated carbocycles. The molecule has 22 heavy (non-hydrogen) atoms. The lowest BCUT2D eigenvalue weighted by molar-refractivity contribution is -0.0355. The highest BCUT2D eigenvalue weighted by Gasteiger charge is 2.25. The molecular formula is C15H22N6O. The SMILES string of the molecule is CC(C)n1nccc1CN1CCOC(c2nccnc2N)C1. The lowest BCUT2D eigenvalue weighted by atomic mass is 10.2. The van der Waals surface area contributed by atoms with E-state index in [-0.39, 0.29) is 6.10 Å². The van der Waals surface area contributed by atoms with Crippen LogP contribution in [-0.2, 0) is 11.3 Å². The Morgan fingerprint density at radius 3 is 2.91 bits per heavy atom. The number of ether oxygens (including phenoxy) is 1. The number of hydrogen-bond acceptors (Lipinski definition) is 6. The van der Waals surface area contributed by atoms with E-state index in [1.165, 1.54) is 5.69 Å². The molecule has 7 heteroatoms. The van der Waals surface area contributed by atoms with Crippen molar-refractivity contribution in [2.75, 3.05) is 25.4 Å². The highest BCUT2D eigenvalue weighted by molar-refractivity contribution is 5.35. The van der Waals surface area contributed by atoms with Crippen molar-refractivity contribution in [3.8, 4) is 0 Å². The second-order valence-corrected chi connectivity index (χ2v) is 5.78. The summed E-state index contributed by atoms with van der Waals surface area (Å²) in [5.74, 6) is 0.446. The molecule has 2 N–H and O–H groups in total. The van der Waals surface area contributed by atoms with Crippen molar-refractivity contribution in [2.45, 2.75) is 32.5 Å². The summed E-state index contributed by atoms with van der Waals surface area (Å²) in [6.07, 6.45) is 4.98. The van der Waals surface area contributed by atoms with E-state index in [4.69, 9.17) is 10.5 Å². The van der Waals surface area contributed by atoms with Crippen molar-refractivity contribution in [3.63, 3.8) is 0 Å². The summed E-state index contributed by atoms with van der Waals surface area (Å²) in [6, 6.07) is 2.43. The van der Waals surface area contributed by atoms with Gasteiger partial charge in [-0.05, 0) is 19.9 Å². The van der Waals surface area contributed by atoms with Gasteiger partial charge in [0, 0.05) is 44.3 Å². The molecule has 1 unspecified atom stereocenters. The van der Waals surface area contributed by atoms with E-state index < -0.39 is 0 Å². The smallest absolute Gasteiger partial charge is 0.147 e. The molecule has 0 spiro atoms. The van der Waals surface area contributed by atoms with E-state index in [0.29, 0.717) is 18.5 Å². The maximum Gasteiger partial charge on any atom is 0.147 e. The molecule has 0 bridgehead atoms. The Morgan fingerprint density at radius 2 is 2.14 bits per heavy atom. The molecule has 1 saturated heterocycles. The monoisotopic (exact) mass is 302 g/mol. The Balaban J connectivity index is 1.71. The predicted molar refractivity (Wildman–Crippen MR) is 83.0 cm³/mol. The Morgan fingerprint density at radius 1 is 1.32 bits per heavy atom. The van der Waals surface area contributed by atoms with E-state index in [1.54, 1.807) is 12.4 Å². The van der Waals surface area contributed by atoms with Crippen molar-refractivity contribution >= 4 is 5.82 Å². The summed E-state index contributed by atoms with van der Waals surface area (Å²) in [5.41, 5.74) is 7.85. The molecule has 118 valence electrons. The highest BCUT2D eigenvalue weighted by Crippen LogP contribution is 2.24. The standard InChI is InChI=1S/C15H22N6O/c1-11(2)21-12(3-4-19-21)9-20-7-8-22-13(10-20)14-15(16)18-6-5-17-14/h3-6,11,13H,7-10H2,1-2H3,(H2,16,18). The van der Waals surface area contributed by atoms with Gasteiger partial charge in [0.1, 0.15) is 17.6 Å². The van der Waals surface area contributed by atoms with E-state index in [9.17, 15) is 0 Å². The molecular weight excluding hydrogens is 280 g/mol. The molecule has 7 nitrogen and oxygen atoms in total. The van der Waals surface area contributed by atoms with Gasteiger partial charge < -0.3 is 10.5 Å². The van der Waals surface area contributed by atoms with Crippen LogP contribution < -0.4 is 5.73 Å². The number of anilines is 1. The fourth-order valence-electron chi connectivity index (χ4n) is 2.78. The predicted octanol–water partition coefficient (Wildman–Crippen LogP) is 1.41. The summed E-state index contributed by atoms with van der Waals surface area (Å²) in [6.45, 7) is 7.43. The van der Waals surface area contributed by atoms with Crippen molar-refractivity contribution in [2.24, 2.45) is 0 Å². The number of aromatic nitrogens is 4. The molecule has 1 atom stereocenters. The van der Waals surface area contributed by atoms with Gasteiger partial charge in [0.25, 0.3) is 0 Å². The first-order chi connectivity index (χ1) is 10.6. The second-order valence-electron chi connectivity index (χ2n) is 5.78. The number of nitrogens with zero attached hydrogens (tertiary/aromatic N) is 5. The molecule has 3 heterocycles. The maximum atomic E-state index is 5.91. The van der Waals surface area contributed by atoms with Crippen LogP contribution in [0.5, 0.6) is 0 Å². The van der Waals surface area contributed by atoms with Crippen molar-refractivity contribution in [1.29, 1.82) is 0 Å². The van der Waals surface area contributed by atoms with Gasteiger partial charge in [-0.15, -0.1) is 0 Å². The molecule has 3 rings (SSSR count). The zero-order valence-electron chi connectivity index (χ0n) is 13.0. The minimum Gasteiger partial charge on any atom is -0.382 e. The van der Waals surface area contributed by atoms with E-state index >= 15 is 0 Å². The maximum absolute atomic E-state index is 5.91. The quantitative estimate of drug-likeness (QED) is 0.919. The van der Waals surface area contributed by atoms with Gasteiger partial charge in [-0.3, -0.25) is 14.6 Å². The second kappa shape index (κ2) is 6.41. The van der Waals surface area contributed by atoms with Crippen molar-refractivity contribution in [1.82, 2.24) is 24.6 Å². The van der Waals surface area contributed by atoms with Crippen LogP contribution in [0.15, 0.2) is 24.7 Å². The molecule has 1 aliphatic heterocycles. The minimum absolute atomic E-state index is 0.127. The van der Waals surface area contributed by atoms with Crippen LogP contribution >= 0.6 is 0 Å². The van der Waals surface area contributed by atoms with Gasteiger partial charge in [0.15, 0.2) is 0 Å². The van der Waals surface area contributed by atoms with Crippen LogP contribution in [0.1, 0.15) is 37.4 Å². The fraction of sp³-hybridized carbons (Fsp3) is 0.533. The third-order valence-electron chi connectivity index (χ3n) is 3.84. The summed E-state index contributed by atoms with van der Waals surface area (Å²) >= 11 is 0. The summed E-state index contributed by atoms with van der Waals surface area (Å²) in [5, 5.41) is 4.39. The summed E-state index contributed by atoms with van der Waals surface area (Å²) < 4.78 is 7.88. The Kier molecular flexibility index (Phi) is 4.35. The number of nitrogen functional groups attached to an aromatic ring is 1. The number of rotatable bonds is 4. The molecule has 2 aromatic rings. The van der Waals surface area contributed by atoms with E-state index in [1.807, 2.05) is 6.20 Å². The molecule has 1 fully saturated rings. The number of hydrogen-bond donors (Lipinski definition) is 1. The van der Waals surface area contributed by atoms with Crippen molar-refractivity contribution < 1.29 is 4.74 Å². The van der Waals surface area contributed by atoms with Gasteiger partial charge in [-0.25, -0.2) is 4.98 Å². The van der Waals surface area contributed by atoms with Gasteiger partial charge in [0.2, 0.25) is 0 Å². The first kappa shape index (κ1) is 14.9. The Bertz CT molecular complexity index is 626. The van der Waals surface area contributed by atoms with Gasteiger partial charge in [-0.1, -0.05) is 0 Å². The summed E-state index contributed by atoms with van der Waals surface area (Å²) in [7, 11) is 0. The van der Waals surface area contributed by atoms with Gasteiger partial charge >= 0.3 is 0 Å². The van der Waals surface area contributed by atoms with Crippen LogP contribution in [-0.4, -0.2) is 44.3 Å². The molecule has 0 radical (unpaired) electrons. The van der Waals surface area contributed by atoms with Gasteiger partial charge in [0.05, 0.1) is 12.3 Å². The average molecular weight is 302 g/mol. The average Bonchev–Trinajstić information content (AvgIpc) is 2.96. The van der Waals surface area contributed by atoms with Crippen LogP contribution in [0, 0.1) is 0 Å². The molecule has 0 amide bonds. The van der Waals surface area contributed by atoms with Gasteiger partial charge in [-0.2, -0.15) is 5.10 Å². The zero-order valence-corrected chi connectivity index (χ0v) is 13.0. The molecule has 0 aromatic carbocycles. The third-order valence-corrected chi connectivity index (χ3v) is 3.84. The first-order valence-electron chi connectivity index (χ1n) is 7.58. The molecule has 0 aliphatic carbocycles. The third kappa shape index (κ3) is 3.10. The molecule has 2 aromatic heterocycles. The lowest BCUT2D eigenvalue weighted by Gasteiger charge is -2.33. The number of nitrogens with two attached hydrogens (primary N) is 1. The fourth-order valence-corrected chi connectivity index (χ4v) is 2.78. The van der Waals surface area contributed by atoms with Crippen LogP contribution in [0.4, 0.5) is 5.82 Å².